The molecule has 0 spiro atoms. The first-order chi connectivity index (χ1) is 20.5. The van der Waals surface area contributed by atoms with Crippen LogP contribution < -0.4 is 15.4 Å². The third-order valence-electron chi connectivity index (χ3n) is 6.01. The molecule has 3 heterocycles. The van der Waals surface area contributed by atoms with Gasteiger partial charge in [-0.3, -0.25) is 0 Å². The Labute approximate surface area is 246 Å². The molecule has 4 rings (SSSR count). The van der Waals surface area contributed by atoms with Crippen LogP contribution in [0.15, 0.2) is 42.6 Å². The number of hydrogen-bond acceptors (Lipinski definition) is 10. The molecule has 3 aromatic heterocycles. The summed E-state index contributed by atoms with van der Waals surface area (Å²) in [7, 11) is 3.61. The highest BCUT2D eigenvalue weighted by Gasteiger charge is 2.38. The first-order valence-corrected chi connectivity index (χ1v) is 13.2. The predicted molar refractivity (Wildman–Crippen MR) is 153 cm³/mol. The highest BCUT2D eigenvalue weighted by molar-refractivity contribution is 5.85. The molecule has 43 heavy (non-hydrogen) atoms. The topological polar surface area (TPSA) is 146 Å². The number of aryl methyl sites for hydroxylation is 2. The highest BCUT2D eigenvalue weighted by atomic mass is 19.4. The van der Waals surface area contributed by atoms with Gasteiger partial charge in [0, 0.05) is 46.1 Å². The van der Waals surface area contributed by atoms with Crippen LogP contribution in [0.2, 0.25) is 0 Å². The second-order valence-corrected chi connectivity index (χ2v) is 9.05. The summed E-state index contributed by atoms with van der Waals surface area (Å²) in [4.78, 5) is 27.3. The molecule has 15 heteroatoms. The molecule has 0 fully saturated rings. The van der Waals surface area contributed by atoms with Crippen LogP contribution in [0.4, 0.5) is 24.9 Å². The molecular weight excluding hydrogens is 571 g/mol. The van der Waals surface area contributed by atoms with Gasteiger partial charge in [-0.1, -0.05) is 30.3 Å². The van der Waals surface area contributed by atoms with Gasteiger partial charge >= 0.3 is 12.1 Å². The summed E-state index contributed by atoms with van der Waals surface area (Å²) in [6.07, 6.45) is -3.31. The number of imidazole rings is 1. The van der Waals surface area contributed by atoms with Crippen molar-refractivity contribution in [1.29, 1.82) is 0 Å². The Kier molecular flexibility index (Phi) is 12.0. The van der Waals surface area contributed by atoms with Gasteiger partial charge in [-0.25, -0.2) is 14.8 Å². The van der Waals surface area contributed by atoms with E-state index in [-0.39, 0.29) is 0 Å². The van der Waals surface area contributed by atoms with E-state index in [1.807, 2.05) is 49.7 Å². The molecule has 0 saturated carbocycles. The molecule has 4 aromatic rings. The van der Waals surface area contributed by atoms with Gasteiger partial charge in [0.25, 0.3) is 0 Å². The van der Waals surface area contributed by atoms with Crippen molar-refractivity contribution in [3.05, 3.63) is 65.1 Å². The number of rotatable bonds is 13. The van der Waals surface area contributed by atoms with Gasteiger partial charge in [0.05, 0.1) is 13.2 Å². The van der Waals surface area contributed by atoms with E-state index in [4.69, 9.17) is 29.1 Å². The van der Waals surface area contributed by atoms with Gasteiger partial charge < -0.3 is 34.5 Å². The van der Waals surface area contributed by atoms with E-state index in [0.717, 1.165) is 33.8 Å². The lowest BCUT2D eigenvalue weighted by molar-refractivity contribution is -0.192. The van der Waals surface area contributed by atoms with Crippen LogP contribution >= 0.6 is 0 Å². The fraction of sp³-hybridized carbons (Fsp3) is 0.393. The maximum absolute atomic E-state index is 10.6. The minimum Gasteiger partial charge on any atom is -0.475 e. The molecule has 3 N–H and O–H groups in total. The fourth-order valence-electron chi connectivity index (χ4n) is 3.70. The number of methoxy groups -OCH3 is 1. The van der Waals surface area contributed by atoms with Gasteiger partial charge in [0.15, 0.2) is 11.5 Å². The predicted octanol–water partition coefficient (Wildman–Crippen LogP) is 4.49. The molecule has 12 nitrogen and oxygen atoms in total. The van der Waals surface area contributed by atoms with E-state index in [1.165, 1.54) is 0 Å². The highest BCUT2D eigenvalue weighted by Crippen LogP contribution is 2.24. The molecule has 0 unspecified atom stereocenters. The summed E-state index contributed by atoms with van der Waals surface area (Å²) in [6.45, 7) is 7.31. The first-order valence-electron chi connectivity index (χ1n) is 13.2. The minimum atomic E-state index is -5.08. The van der Waals surface area contributed by atoms with Crippen LogP contribution in [-0.2, 0) is 41.0 Å². The molecule has 0 amide bonds. The number of halogens is 3. The molecular formula is C28H34F3N7O5. The lowest BCUT2D eigenvalue weighted by atomic mass is 10.1. The molecule has 232 valence electrons. The van der Waals surface area contributed by atoms with Crippen molar-refractivity contribution in [2.75, 3.05) is 37.6 Å². The van der Waals surface area contributed by atoms with Gasteiger partial charge in [-0.05, 0) is 30.5 Å². The number of aromatic nitrogens is 5. The number of nitrogens with zero attached hydrogens (tertiary/aromatic N) is 5. The Hall–Kier alpha value is -4.50. The van der Waals surface area contributed by atoms with Crippen LogP contribution in [-0.4, -0.2) is 68.7 Å². The maximum Gasteiger partial charge on any atom is 0.490 e. The summed E-state index contributed by atoms with van der Waals surface area (Å²) in [5, 5.41) is 13.9. The zero-order chi connectivity index (χ0) is 31.4. The number of hydrogen-bond donors (Lipinski definition) is 3. The molecule has 0 radical (unpaired) electrons. The summed E-state index contributed by atoms with van der Waals surface area (Å²) in [5.41, 5.74) is 4.79. The maximum atomic E-state index is 10.6. The van der Waals surface area contributed by atoms with Gasteiger partial charge in [-0.15, -0.1) is 0 Å². The van der Waals surface area contributed by atoms with Crippen LogP contribution in [0.5, 0.6) is 5.88 Å². The third-order valence-corrected chi connectivity index (χ3v) is 6.01. The van der Waals surface area contributed by atoms with E-state index in [9.17, 15) is 13.2 Å². The number of aliphatic carboxylic acids is 1. The van der Waals surface area contributed by atoms with E-state index >= 15 is 0 Å². The number of anilines is 2. The Morgan fingerprint density at radius 2 is 1.74 bits per heavy atom. The van der Waals surface area contributed by atoms with Crippen molar-refractivity contribution in [3.8, 4) is 5.88 Å². The largest absolute Gasteiger partial charge is 0.490 e. The van der Waals surface area contributed by atoms with Crippen molar-refractivity contribution in [2.45, 2.75) is 39.7 Å². The fourth-order valence-corrected chi connectivity index (χ4v) is 3.70. The number of benzene rings is 1. The molecule has 0 aliphatic heterocycles. The monoisotopic (exact) mass is 605 g/mol. The third kappa shape index (κ3) is 9.78. The van der Waals surface area contributed by atoms with Crippen molar-refractivity contribution in [2.24, 2.45) is 7.05 Å². The molecule has 0 aliphatic rings. The number of pyridine rings is 1. The number of fused-ring (bicyclic) bond motifs is 1. The normalized spacial score (nSPS) is 11.1. The Morgan fingerprint density at radius 3 is 2.37 bits per heavy atom. The molecule has 0 aliphatic carbocycles. The Bertz CT molecular complexity index is 1480. The van der Waals surface area contributed by atoms with Crippen LogP contribution in [0.3, 0.4) is 0 Å². The molecule has 0 saturated heterocycles. The number of carboxylic acid groups (broad SMARTS) is 1. The second kappa shape index (κ2) is 15.7. The molecule has 0 bridgehead atoms. The van der Waals surface area contributed by atoms with E-state index in [2.05, 4.69) is 37.7 Å². The van der Waals surface area contributed by atoms with Crippen molar-refractivity contribution < 1.29 is 37.3 Å². The van der Waals surface area contributed by atoms with Crippen molar-refractivity contribution in [1.82, 2.24) is 24.5 Å². The molecule has 0 atom stereocenters. The van der Waals surface area contributed by atoms with E-state index < -0.39 is 12.1 Å². The van der Waals surface area contributed by atoms with Gasteiger partial charge in [-0.2, -0.15) is 23.1 Å². The van der Waals surface area contributed by atoms with E-state index in [0.29, 0.717) is 57.0 Å². The van der Waals surface area contributed by atoms with E-state index in [1.54, 1.807) is 13.3 Å². The average Bonchev–Trinajstić information content (AvgIpc) is 3.27. The Balaban J connectivity index is 0.000000646. The lowest BCUT2D eigenvalue weighted by Crippen LogP contribution is -2.21. The Morgan fingerprint density at radius 1 is 1.02 bits per heavy atom. The zero-order valence-corrected chi connectivity index (χ0v) is 24.2. The number of alkyl halides is 3. The quantitative estimate of drug-likeness (QED) is 0.185. The smallest absolute Gasteiger partial charge is 0.475 e. The number of nitrogens with one attached hydrogen (secondary N) is 2. The number of carboxylic acids is 1. The SMILES string of the molecule is CCOCc1ccccc1CNc1nc(NCc2ccc(OCCOC)nc2)nc2nc(C)n(C)c12.O=C(O)C(F)(F)F. The summed E-state index contributed by atoms with van der Waals surface area (Å²) in [6, 6.07) is 12.0. The zero-order valence-electron chi connectivity index (χ0n) is 24.2. The summed E-state index contributed by atoms with van der Waals surface area (Å²) >= 11 is 0. The number of carbonyl (C=O) groups is 1. The number of ether oxygens (including phenoxy) is 3. The van der Waals surface area contributed by atoms with Crippen LogP contribution in [0.25, 0.3) is 11.2 Å². The van der Waals surface area contributed by atoms with Crippen LogP contribution in [0.1, 0.15) is 29.4 Å². The van der Waals surface area contributed by atoms with Crippen LogP contribution in [0, 0.1) is 6.92 Å². The lowest BCUT2D eigenvalue weighted by Gasteiger charge is -2.13. The standard InChI is InChI=1S/C26H33N7O3.C2HF3O2/c1-5-35-17-21-9-7-6-8-20(21)16-28-24-23-25(30-18(2)33(23)3)32-26(31-24)29-15-19-10-11-22(27-14-19)36-13-12-34-4;3-2(4,5)1(6)7/h6-11,14H,5,12-13,15-17H2,1-4H3,(H2,28,29,31,32);(H,6,7). The van der Waals surface area contributed by atoms with Crippen molar-refractivity contribution in [3.63, 3.8) is 0 Å². The van der Waals surface area contributed by atoms with Gasteiger partial charge in [0.2, 0.25) is 11.8 Å². The van der Waals surface area contributed by atoms with Crippen molar-refractivity contribution >= 4 is 28.9 Å². The summed E-state index contributed by atoms with van der Waals surface area (Å²) in [5.74, 6) is -0.117. The average molecular weight is 606 g/mol. The summed E-state index contributed by atoms with van der Waals surface area (Å²) < 4.78 is 49.9. The second-order valence-electron chi connectivity index (χ2n) is 9.05. The minimum absolute atomic E-state index is 0.463. The first kappa shape index (κ1) is 33.0. The van der Waals surface area contributed by atoms with Gasteiger partial charge in [0.1, 0.15) is 17.9 Å². The molecule has 1 aromatic carbocycles.